The van der Waals surface area contributed by atoms with Crippen LogP contribution in [-0.2, 0) is 0 Å². The maximum Gasteiger partial charge on any atom is 0.154 e. The predicted octanol–water partition coefficient (Wildman–Crippen LogP) is 3.55. The van der Waals surface area contributed by atoms with Crippen molar-refractivity contribution < 1.29 is 9.26 Å². The van der Waals surface area contributed by atoms with E-state index in [2.05, 4.69) is 10.5 Å². The molecule has 1 N–H and O–H groups in total. The third-order valence-corrected chi connectivity index (χ3v) is 3.82. The SMILES string of the molecule is COc1ccc(-c2cc([C@H]3CCCCCN3)on2)cc1. The Morgan fingerprint density at radius 1 is 1.20 bits per heavy atom. The number of nitrogens with zero attached hydrogens (tertiary/aromatic N) is 1. The number of hydrogen-bond acceptors (Lipinski definition) is 4. The highest BCUT2D eigenvalue weighted by molar-refractivity contribution is 5.59. The lowest BCUT2D eigenvalue weighted by atomic mass is 10.1. The highest BCUT2D eigenvalue weighted by Gasteiger charge is 2.18. The Morgan fingerprint density at radius 3 is 2.85 bits per heavy atom. The molecular weight excluding hydrogens is 252 g/mol. The Balaban J connectivity index is 1.78. The van der Waals surface area contributed by atoms with Crippen LogP contribution in [0.15, 0.2) is 34.9 Å². The molecule has 1 aromatic carbocycles. The topological polar surface area (TPSA) is 47.3 Å². The maximum atomic E-state index is 5.53. The average molecular weight is 272 g/mol. The van der Waals surface area contributed by atoms with Gasteiger partial charge in [0.05, 0.1) is 13.2 Å². The Kier molecular flexibility index (Phi) is 4.02. The van der Waals surface area contributed by atoms with E-state index >= 15 is 0 Å². The standard InChI is InChI=1S/C16H20N2O2/c1-19-13-8-6-12(7-9-13)15-11-16(20-18-15)14-5-3-2-4-10-17-14/h6-9,11,14,17H,2-5,10H2,1H3/t14-/m1/s1. The van der Waals surface area contributed by atoms with E-state index in [1.54, 1.807) is 7.11 Å². The lowest BCUT2D eigenvalue weighted by Crippen LogP contribution is -2.19. The van der Waals surface area contributed by atoms with Crippen molar-refractivity contribution in [3.8, 4) is 17.0 Å². The van der Waals surface area contributed by atoms with Gasteiger partial charge in [-0.2, -0.15) is 0 Å². The number of aromatic nitrogens is 1. The summed E-state index contributed by atoms with van der Waals surface area (Å²) in [4.78, 5) is 0. The Hall–Kier alpha value is -1.81. The first-order valence-corrected chi connectivity index (χ1v) is 7.21. The summed E-state index contributed by atoms with van der Waals surface area (Å²) in [6.45, 7) is 1.06. The molecule has 2 heterocycles. The van der Waals surface area contributed by atoms with Gasteiger partial charge in [-0.05, 0) is 43.7 Å². The fraction of sp³-hybridized carbons (Fsp3) is 0.438. The van der Waals surface area contributed by atoms with Gasteiger partial charge in [0, 0.05) is 11.6 Å². The van der Waals surface area contributed by atoms with Crippen molar-refractivity contribution in [2.75, 3.05) is 13.7 Å². The summed E-state index contributed by atoms with van der Waals surface area (Å²) in [5.74, 6) is 1.79. The minimum absolute atomic E-state index is 0.303. The van der Waals surface area contributed by atoms with Gasteiger partial charge in [0.2, 0.25) is 0 Å². The number of benzene rings is 1. The second-order valence-electron chi connectivity index (χ2n) is 5.20. The molecule has 4 nitrogen and oxygen atoms in total. The second-order valence-corrected chi connectivity index (χ2v) is 5.20. The van der Waals surface area contributed by atoms with E-state index in [9.17, 15) is 0 Å². The summed E-state index contributed by atoms with van der Waals surface area (Å²) in [6.07, 6.45) is 4.91. The van der Waals surface area contributed by atoms with E-state index in [0.29, 0.717) is 6.04 Å². The maximum absolute atomic E-state index is 5.53. The van der Waals surface area contributed by atoms with Crippen LogP contribution in [0.1, 0.15) is 37.5 Å². The molecule has 1 aliphatic heterocycles. The van der Waals surface area contributed by atoms with Crippen molar-refractivity contribution in [1.82, 2.24) is 10.5 Å². The first-order valence-electron chi connectivity index (χ1n) is 7.21. The second kappa shape index (κ2) is 6.09. The van der Waals surface area contributed by atoms with Gasteiger partial charge < -0.3 is 14.6 Å². The fourth-order valence-corrected chi connectivity index (χ4v) is 2.62. The van der Waals surface area contributed by atoms with Crippen molar-refractivity contribution in [2.45, 2.75) is 31.7 Å². The molecule has 0 radical (unpaired) electrons. The van der Waals surface area contributed by atoms with Gasteiger partial charge in [-0.25, -0.2) is 0 Å². The zero-order valence-electron chi connectivity index (χ0n) is 11.8. The van der Waals surface area contributed by atoms with Crippen LogP contribution in [0.2, 0.25) is 0 Å². The molecule has 106 valence electrons. The lowest BCUT2D eigenvalue weighted by Gasteiger charge is -2.10. The predicted molar refractivity (Wildman–Crippen MR) is 77.7 cm³/mol. The van der Waals surface area contributed by atoms with E-state index in [0.717, 1.165) is 35.7 Å². The highest BCUT2D eigenvalue weighted by Crippen LogP contribution is 2.27. The van der Waals surface area contributed by atoms with Gasteiger partial charge in [-0.15, -0.1) is 0 Å². The van der Waals surface area contributed by atoms with Crippen LogP contribution in [-0.4, -0.2) is 18.8 Å². The molecule has 1 saturated heterocycles. The first-order chi connectivity index (χ1) is 9.86. The van der Waals surface area contributed by atoms with Gasteiger partial charge in [0.15, 0.2) is 5.76 Å². The van der Waals surface area contributed by atoms with Crippen molar-refractivity contribution >= 4 is 0 Å². The summed E-state index contributed by atoms with van der Waals surface area (Å²) in [7, 11) is 1.67. The molecule has 4 heteroatoms. The molecule has 1 atom stereocenters. The van der Waals surface area contributed by atoms with Crippen molar-refractivity contribution in [3.63, 3.8) is 0 Å². The van der Waals surface area contributed by atoms with E-state index in [-0.39, 0.29) is 0 Å². The molecule has 0 amide bonds. The molecular formula is C16H20N2O2. The van der Waals surface area contributed by atoms with Gasteiger partial charge in [-0.1, -0.05) is 18.0 Å². The van der Waals surface area contributed by atoms with Crippen LogP contribution < -0.4 is 10.1 Å². The number of methoxy groups -OCH3 is 1. The van der Waals surface area contributed by atoms with Crippen molar-refractivity contribution in [1.29, 1.82) is 0 Å². The molecule has 0 aliphatic carbocycles. The minimum atomic E-state index is 0.303. The van der Waals surface area contributed by atoms with Crippen molar-refractivity contribution in [2.24, 2.45) is 0 Å². The summed E-state index contributed by atoms with van der Waals surface area (Å²) in [5.41, 5.74) is 1.93. The third-order valence-electron chi connectivity index (χ3n) is 3.82. The van der Waals surface area contributed by atoms with Crippen LogP contribution in [0.4, 0.5) is 0 Å². The Bertz CT molecular complexity index is 540. The quantitative estimate of drug-likeness (QED) is 0.928. The van der Waals surface area contributed by atoms with Gasteiger partial charge in [0.25, 0.3) is 0 Å². The van der Waals surface area contributed by atoms with Crippen LogP contribution in [0, 0.1) is 0 Å². The molecule has 0 saturated carbocycles. The van der Waals surface area contributed by atoms with E-state index < -0.39 is 0 Å². The van der Waals surface area contributed by atoms with Gasteiger partial charge in [-0.3, -0.25) is 0 Å². The van der Waals surface area contributed by atoms with Crippen LogP contribution in [0.25, 0.3) is 11.3 Å². The van der Waals surface area contributed by atoms with Crippen molar-refractivity contribution in [3.05, 3.63) is 36.1 Å². The molecule has 20 heavy (non-hydrogen) atoms. The summed E-state index contributed by atoms with van der Waals surface area (Å²) >= 11 is 0. The minimum Gasteiger partial charge on any atom is -0.497 e. The largest absolute Gasteiger partial charge is 0.497 e. The monoisotopic (exact) mass is 272 g/mol. The van der Waals surface area contributed by atoms with Gasteiger partial charge >= 0.3 is 0 Å². The lowest BCUT2D eigenvalue weighted by molar-refractivity contribution is 0.336. The normalized spacial score (nSPS) is 19.6. The Labute approximate surface area is 119 Å². The molecule has 0 bridgehead atoms. The van der Waals surface area contributed by atoms with Crippen LogP contribution in [0.5, 0.6) is 5.75 Å². The third kappa shape index (κ3) is 2.85. The van der Waals surface area contributed by atoms with Gasteiger partial charge in [0.1, 0.15) is 11.4 Å². The Morgan fingerprint density at radius 2 is 2.05 bits per heavy atom. The number of ether oxygens (including phenoxy) is 1. The number of rotatable bonds is 3. The fourth-order valence-electron chi connectivity index (χ4n) is 2.62. The summed E-state index contributed by atoms with van der Waals surface area (Å²) in [5, 5.41) is 7.72. The highest BCUT2D eigenvalue weighted by atomic mass is 16.5. The molecule has 0 spiro atoms. The number of nitrogens with one attached hydrogen (secondary N) is 1. The molecule has 1 fully saturated rings. The van der Waals surface area contributed by atoms with E-state index in [4.69, 9.17) is 9.26 Å². The van der Waals surface area contributed by atoms with E-state index in [1.165, 1.54) is 19.3 Å². The molecule has 2 aromatic rings. The van der Waals surface area contributed by atoms with Crippen LogP contribution >= 0.6 is 0 Å². The first kappa shape index (κ1) is 13.2. The zero-order chi connectivity index (χ0) is 13.8. The van der Waals surface area contributed by atoms with E-state index in [1.807, 2.05) is 30.3 Å². The number of hydrogen-bond donors (Lipinski definition) is 1. The molecule has 0 unspecified atom stereocenters. The molecule has 3 rings (SSSR count). The molecule has 1 aromatic heterocycles. The smallest absolute Gasteiger partial charge is 0.154 e. The molecule has 1 aliphatic rings. The van der Waals surface area contributed by atoms with Crippen LogP contribution in [0.3, 0.4) is 0 Å². The zero-order valence-corrected chi connectivity index (χ0v) is 11.8. The summed E-state index contributed by atoms with van der Waals surface area (Å²) in [6, 6.07) is 10.2. The summed E-state index contributed by atoms with van der Waals surface area (Å²) < 4.78 is 10.7. The average Bonchev–Trinajstić information content (AvgIpc) is 2.83.